The maximum Gasteiger partial charge on any atom is 0.340 e. The van der Waals surface area contributed by atoms with E-state index in [0.717, 1.165) is 12.5 Å². The first-order valence-electron chi connectivity index (χ1n) is 5.60. The predicted octanol–water partition coefficient (Wildman–Crippen LogP) is 1.70. The van der Waals surface area contributed by atoms with E-state index in [1.54, 1.807) is 0 Å². The number of nitrogen functional groups attached to an aromatic ring is 1. The average Bonchev–Trinajstić information content (AvgIpc) is 2.70. The first kappa shape index (κ1) is 12.6. The van der Waals surface area contributed by atoms with Crippen molar-refractivity contribution in [1.82, 2.24) is 0 Å². The zero-order valence-electron chi connectivity index (χ0n) is 10.00. The van der Waals surface area contributed by atoms with Crippen LogP contribution >= 0.6 is 0 Å². The summed E-state index contributed by atoms with van der Waals surface area (Å²) in [4.78, 5) is 11.2. The standard InChI is InChI=1S/C12H15FN2O3/c1-12(4-5-18-6-12)15-8-3-2-7(13)10(14)9(8)11(16)17/h2-3,15H,4-6,14H2,1H3,(H,16,17). The summed E-state index contributed by atoms with van der Waals surface area (Å²) in [7, 11) is 0. The van der Waals surface area contributed by atoms with Crippen LogP contribution in [0, 0.1) is 5.82 Å². The molecule has 1 unspecified atom stereocenters. The number of hydrogen-bond acceptors (Lipinski definition) is 4. The van der Waals surface area contributed by atoms with Crippen molar-refractivity contribution < 1.29 is 19.0 Å². The molecule has 0 amide bonds. The molecular weight excluding hydrogens is 239 g/mol. The number of aromatic carboxylic acids is 1. The van der Waals surface area contributed by atoms with Crippen LogP contribution < -0.4 is 11.1 Å². The highest BCUT2D eigenvalue weighted by Crippen LogP contribution is 2.30. The Morgan fingerprint density at radius 1 is 1.61 bits per heavy atom. The molecule has 1 atom stereocenters. The van der Waals surface area contributed by atoms with E-state index in [-0.39, 0.29) is 16.8 Å². The number of carboxylic acids is 1. The fraction of sp³-hybridized carbons (Fsp3) is 0.417. The van der Waals surface area contributed by atoms with E-state index in [1.807, 2.05) is 6.92 Å². The Hall–Kier alpha value is -1.82. The van der Waals surface area contributed by atoms with E-state index in [1.165, 1.54) is 6.07 Å². The van der Waals surface area contributed by atoms with Gasteiger partial charge in [0.25, 0.3) is 0 Å². The minimum absolute atomic E-state index is 0.233. The van der Waals surface area contributed by atoms with Gasteiger partial charge >= 0.3 is 5.97 Å². The smallest absolute Gasteiger partial charge is 0.340 e. The Balaban J connectivity index is 2.38. The molecule has 0 spiro atoms. The van der Waals surface area contributed by atoms with Crippen LogP contribution in [0.4, 0.5) is 15.8 Å². The zero-order chi connectivity index (χ0) is 13.3. The number of ether oxygens (including phenoxy) is 1. The van der Waals surface area contributed by atoms with E-state index in [4.69, 9.17) is 15.6 Å². The van der Waals surface area contributed by atoms with Crippen molar-refractivity contribution in [2.75, 3.05) is 24.3 Å². The number of nitrogens with two attached hydrogens (primary N) is 1. The summed E-state index contributed by atoms with van der Waals surface area (Å²) < 4.78 is 18.6. The molecule has 1 aromatic rings. The predicted molar refractivity (Wildman–Crippen MR) is 65.2 cm³/mol. The van der Waals surface area contributed by atoms with Gasteiger partial charge < -0.3 is 20.9 Å². The summed E-state index contributed by atoms with van der Waals surface area (Å²) in [6.45, 7) is 3.01. The molecule has 2 rings (SSSR count). The van der Waals surface area contributed by atoms with Gasteiger partial charge in [-0.15, -0.1) is 0 Å². The van der Waals surface area contributed by atoms with E-state index in [0.29, 0.717) is 18.9 Å². The topological polar surface area (TPSA) is 84.6 Å². The van der Waals surface area contributed by atoms with E-state index >= 15 is 0 Å². The van der Waals surface area contributed by atoms with Crippen molar-refractivity contribution in [1.29, 1.82) is 0 Å². The molecule has 0 bridgehead atoms. The van der Waals surface area contributed by atoms with Gasteiger partial charge in [-0.3, -0.25) is 0 Å². The Bertz CT molecular complexity index is 484. The van der Waals surface area contributed by atoms with Crippen LogP contribution in [-0.4, -0.2) is 29.8 Å². The molecule has 1 aliphatic rings. The first-order valence-corrected chi connectivity index (χ1v) is 5.60. The number of rotatable bonds is 3. The molecule has 4 N–H and O–H groups in total. The van der Waals surface area contributed by atoms with Gasteiger partial charge in [-0.1, -0.05) is 0 Å². The lowest BCUT2D eigenvalue weighted by atomic mass is 10.00. The van der Waals surface area contributed by atoms with E-state index < -0.39 is 11.8 Å². The second kappa shape index (κ2) is 4.45. The van der Waals surface area contributed by atoms with Crippen molar-refractivity contribution >= 4 is 17.3 Å². The highest BCUT2D eigenvalue weighted by atomic mass is 19.1. The van der Waals surface area contributed by atoms with Crippen LogP contribution in [0.25, 0.3) is 0 Å². The summed E-state index contributed by atoms with van der Waals surface area (Å²) in [5.74, 6) is -1.98. The van der Waals surface area contributed by atoms with Crippen molar-refractivity contribution in [3.05, 3.63) is 23.5 Å². The Morgan fingerprint density at radius 3 is 2.89 bits per heavy atom. The third-order valence-electron chi connectivity index (χ3n) is 3.06. The van der Waals surface area contributed by atoms with Crippen LogP contribution in [0.1, 0.15) is 23.7 Å². The van der Waals surface area contributed by atoms with Gasteiger partial charge in [0.1, 0.15) is 11.4 Å². The SMILES string of the molecule is CC1(Nc2ccc(F)c(N)c2C(=O)O)CCOC1. The van der Waals surface area contributed by atoms with E-state index in [9.17, 15) is 9.18 Å². The highest BCUT2D eigenvalue weighted by Gasteiger charge is 2.31. The molecule has 1 aliphatic heterocycles. The van der Waals surface area contributed by atoms with Gasteiger partial charge in [0.2, 0.25) is 0 Å². The lowest BCUT2D eigenvalue weighted by Gasteiger charge is -2.26. The van der Waals surface area contributed by atoms with Crippen LogP contribution in [0.2, 0.25) is 0 Å². The van der Waals surface area contributed by atoms with Crippen molar-refractivity contribution in [3.63, 3.8) is 0 Å². The molecule has 0 saturated carbocycles. The van der Waals surface area contributed by atoms with Gasteiger partial charge in [0.15, 0.2) is 0 Å². The molecule has 6 heteroatoms. The Morgan fingerprint density at radius 2 is 2.33 bits per heavy atom. The number of carboxylic acid groups (broad SMARTS) is 1. The van der Waals surface area contributed by atoms with Crippen LogP contribution in [0.5, 0.6) is 0 Å². The molecule has 1 fully saturated rings. The van der Waals surface area contributed by atoms with Crippen molar-refractivity contribution in [3.8, 4) is 0 Å². The molecular formula is C12H15FN2O3. The molecule has 5 nitrogen and oxygen atoms in total. The molecule has 0 aliphatic carbocycles. The summed E-state index contributed by atoms with van der Waals surface area (Å²) in [6, 6.07) is 2.54. The minimum atomic E-state index is -1.25. The van der Waals surface area contributed by atoms with Crippen LogP contribution in [0.15, 0.2) is 12.1 Å². The lowest BCUT2D eigenvalue weighted by Crippen LogP contribution is -2.35. The van der Waals surface area contributed by atoms with Crippen LogP contribution in [-0.2, 0) is 4.74 Å². The normalized spacial score (nSPS) is 23.0. The summed E-state index contributed by atoms with van der Waals surface area (Å²) in [5, 5.41) is 12.2. The second-order valence-electron chi connectivity index (χ2n) is 4.68. The van der Waals surface area contributed by atoms with Gasteiger partial charge in [-0.05, 0) is 25.5 Å². The summed E-state index contributed by atoms with van der Waals surface area (Å²) >= 11 is 0. The molecule has 98 valence electrons. The highest BCUT2D eigenvalue weighted by molar-refractivity contribution is 6.00. The van der Waals surface area contributed by atoms with Gasteiger partial charge in [-0.2, -0.15) is 0 Å². The maximum atomic E-state index is 13.3. The largest absolute Gasteiger partial charge is 0.478 e. The molecule has 1 saturated heterocycles. The summed E-state index contributed by atoms with van der Waals surface area (Å²) in [5.41, 5.74) is 4.85. The maximum absolute atomic E-state index is 13.3. The third-order valence-corrected chi connectivity index (χ3v) is 3.06. The number of hydrogen-bond donors (Lipinski definition) is 3. The van der Waals surface area contributed by atoms with Gasteiger partial charge in [0.05, 0.1) is 23.5 Å². The van der Waals surface area contributed by atoms with Crippen molar-refractivity contribution in [2.45, 2.75) is 18.9 Å². The fourth-order valence-corrected chi connectivity index (χ4v) is 2.02. The number of nitrogens with one attached hydrogen (secondary N) is 1. The molecule has 0 radical (unpaired) electrons. The molecule has 1 aromatic carbocycles. The zero-order valence-corrected chi connectivity index (χ0v) is 10.00. The quantitative estimate of drug-likeness (QED) is 0.715. The first-order chi connectivity index (χ1) is 8.43. The van der Waals surface area contributed by atoms with Crippen LogP contribution in [0.3, 0.4) is 0 Å². The Kier molecular flexibility index (Phi) is 3.13. The van der Waals surface area contributed by atoms with E-state index in [2.05, 4.69) is 5.32 Å². The van der Waals surface area contributed by atoms with Gasteiger partial charge in [-0.25, -0.2) is 9.18 Å². The minimum Gasteiger partial charge on any atom is -0.478 e. The number of carbonyl (C=O) groups is 1. The molecule has 18 heavy (non-hydrogen) atoms. The number of halogens is 1. The molecule has 1 heterocycles. The monoisotopic (exact) mass is 254 g/mol. The van der Waals surface area contributed by atoms with Crippen molar-refractivity contribution in [2.24, 2.45) is 0 Å². The lowest BCUT2D eigenvalue weighted by molar-refractivity contribution is 0.0698. The van der Waals surface area contributed by atoms with Gasteiger partial charge in [0, 0.05) is 6.61 Å². The molecule has 0 aromatic heterocycles. The average molecular weight is 254 g/mol. The third kappa shape index (κ3) is 2.24. The summed E-state index contributed by atoms with van der Waals surface area (Å²) in [6.07, 6.45) is 0.753. The fourth-order valence-electron chi connectivity index (χ4n) is 2.02. The number of anilines is 2. The number of benzene rings is 1. The Labute approximate surface area is 104 Å². The second-order valence-corrected chi connectivity index (χ2v) is 4.68.